The molecule has 0 aliphatic rings. The number of halogens is 1. The average molecular weight is 141 g/mol. The number of hydrogen-bond donors (Lipinski definition) is 1. The first kappa shape index (κ1) is 6.99. The fourth-order valence-corrected chi connectivity index (χ4v) is 0.657. The minimum atomic E-state index is -0.576. The van der Waals surface area contributed by atoms with Gasteiger partial charge in [-0.2, -0.15) is 0 Å². The third kappa shape index (κ3) is 0.943. The zero-order valence-electron chi connectivity index (χ0n) is 5.85. The van der Waals surface area contributed by atoms with Crippen LogP contribution in [0.15, 0.2) is 6.20 Å². The van der Waals surface area contributed by atoms with E-state index in [2.05, 4.69) is 4.98 Å². The van der Waals surface area contributed by atoms with Gasteiger partial charge in [-0.25, -0.2) is 4.39 Å². The molecule has 0 spiro atoms. The van der Waals surface area contributed by atoms with Crippen LogP contribution < -0.4 is 0 Å². The lowest BCUT2D eigenvalue weighted by Gasteiger charge is -2.00. The molecule has 0 radical (unpaired) electrons. The van der Waals surface area contributed by atoms with Gasteiger partial charge in [0.25, 0.3) is 0 Å². The largest absolute Gasteiger partial charge is 0.504 e. The van der Waals surface area contributed by atoms with Crippen molar-refractivity contribution in [2.24, 2.45) is 0 Å². The maximum Gasteiger partial charge on any atom is 0.173 e. The van der Waals surface area contributed by atoms with E-state index in [4.69, 9.17) is 5.11 Å². The number of aromatic hydroxyl groups is 1. The van der Waals surface area contributed by atoms with Crippen molar-refractivity contribution < 1.29 is 9.50 Å². The van der Waals surface area contributed by atoms with E-state index < -0.39 is 5.82 Å². The van der Waals surface area contributed by atoms with Gasteiger partial charge in [-0.05, 0) is 13.8 Å². The minimum Gasteiger partial charge on any atom is -0.504 e. The van der Waals surface area contributed by atoms with Crippen LogP contribution in [0.25, 0.3) is 0 Å². The topological polar surface area (TPSA) is 33.1 Å². The molecular formula is C7H8FNO. The molecule has 1 aromatic heterocycles. The number of rotatable bonds is 0. The van der Waals surface area contributed by atoms with Crippen LogP contribution in [0.4, 0.5) is 4.39 Å². The molecule has 1 heterocycles. The number of aromatic nitrogens is 1. The normalized spacial score (nSPS) is 9.90. The Morgan fingerprint density at radius 2 is 2.10 bits per heavy atom. The summed E-state index contributed by atoms with van der Waals surface area (Å²) in [7, 11) is 0. The van der Waals surface area contributed by atoms with Crippen molar-refractivity contribution in [2.75, 3.05) is 0 Å². The average Bonchev–Trinajstić information content (AvgIpc) is 1.93. The molecular weight excluding hydrogens is 133 g/mol. The molecule has 0 fully saturated rings. The Morgan fingerprint density at radius 1 is 1.50 bits per heavy atom. The van der Waals surface area contributed by atoms with Gasteiger partial charge in [0.15, 0.2) is 11.6 Å². The molecule has 1 N–H and O–H groups in total. The summed E-state index contributed by atoms with van der Waals surface area (Å²) >= 11 is 0. The summed E-state index contributed by atoms with van der Waals surface area (Å²) in [5.41, 5.74) is 0.686. The first-order valence-electron chi connectivity index (χ1n) is 2.93. The quantitative estimate of drug-likeness (QED) is 0.594. The smallest absolute Gasteiger partial charge is 0.173 e. The Balaban J connectivity index is 3.34. The van der Waals surface area contributed by atoms with E-state index >= 15 is 0 Å². The van der Waals surface area contributed by atoms with Crippen LogP contribution in [0.2, 0.25) is 0 Å². The first-order valence-corrected chi connectivity index (χ1v) is 2.93. The van der Waals surface area contributed by atoms with Crippen molar-refractivity contribution in [1.82, 2.24) is 4.98 Å². The molecule has 54 valence electrons. The van der Waals surface area contributed by atoms with Crippen LogP contribution in [-0.4, -0.2) is 10.1 Å². The van der Waals surface area contributed by atoms with Crippen molar-refractivity contribution in [2.45, 2.75) is 13.8 Å². The van der Waals surface area contributed by atoms with Crippen molar-refractivity contribution in [3.8, 4) is 5.75 Å². The minimum absolute atomic E-state index is 0.322. The molecule has 3 heteroatoms. The monoisotopic (exact) mass is 141 g/mol. The molecule has 1 aromatic rings. The van der Waals surface area contributed by atoms with Gasteiger partial charge in [-0.15, -0.1) is 0 Å². The van der Waals surface area contributed by atoms with Crippen LogP contribution in [0, 0.1) is 19.7 Å². The molecule has 10 heavy (non-hydrogen) atoms. The number of aryl methyl sites for hydroxylation is 2. The highest BCUT2D eigenvalue weighted by Crippen LogP contribution is 2.19. The second-order valence-corrected chi connectivity index (χ2v) is 2.19. The Bertz CT molecular complexity index is 233. The lowest BCUT2D eigenvalue weighted by molar-refractivity contribution is 0.422. The number of nitrogens with zero attached hydrogens (tertiary/aromatic N) is 1. The van der Waals surface area contributed by atoms with E-state index in [9.17, 15) is 4.39 Å². The molecule has 0 bridgehead atoms. The van der Waals surface area contributed by atoms with E-state index in [0.717, 1.165) is 0 Å². The predicted octanol–water partition coefficient (Wildman–Crippen LogP) is 1.54. The third-order valence-electron chi connectivity index (χ3n) is 1.35. The molecule has 0 saturated carbocycles. The summed E-state index contributed by atoms with van der Waals surface area (Å²) in [5.74, 6) is -0.924. The van der Waals surface area contributed by atoms with Gasteiger partial charge < -0.3 is 5.11 Å². The fraction of sp³-hybridized carbons (Fsp3) is 0.286. The lowest BCUT2D eigenvalue weighted by atomic mass is 10.2. The molecule has 2 nitrogen and oxygen atoms in total. The molecule has 0 saturated heterocycles. The second kappa shape index (κ2) is 2.25. The van der Waals surface area contributed by atoms with E-state index in [1.807, 2.05) is 0 Å². The summed E-state index contributed by atoms with van der Waals surface area (Å²) in [6.45, 7) is 3.11. The Morgan fingerprint density at radius 3 is 2.60 bits per heavy atom. The number of pyridine rings is 1. The van der Waals surface area contributed by atoms with Crippen LogP contribution in [0.1, 0.15) is 11.3 Å². The van der Waals surface area contributed by atoms with Gasteiger partial charge in [-0.1, -0.05) is 0 Å². The van der Waals surface area contributed by atoms with Crippen LogP contribution in [-0.2, 0) is 0 Å². The van der Waals surface area contributed by atoms with Gasteiger partial charge in [-0.3, -0.25) is 4.98 Å². The van der Waals surface area contributed by atoms with Crippen LogP contribution in [0.3, 0.4) is 0 Å². The molecule has 0 aromatic carbocycles. The summed E-state index contributed by atoms with van der Waals surface area (Å²) in [4.78, 5) is 3.75. The highest BCUT2D eigenvalue weighted by atomic mass is 19.1. The van der Waals surface area contributed by atoms with Gasteiger partial charge in [0.1, 0.15) is 0 Å². The highest BCUT2D eigenvalue weighted by molar-refractivity contribution is 5.30. The Hall–Kier alpha value is -1.12. The maximum absolute atomic E-state index is 12.7. The summed E-state index contributed by atoms with van der Waals surface area (Å²) in [6.07, 6.45) is 1.39. The maximum atomic E-state index is 12.7. The SMILES string of the molecule is Cc1cnc(C)c(O)c1F. The van der Waals surface area contributed by atoms with Gasteiger partial charge in [0.05, 0.1) is 5.69 Å². The fourth-order valence-electron chi connectivity index (χ4n) is 0.657. The summed E-state index contributed by atoms with van der Waals surface area (Å²) in [6, 6.07) is 0. The zero-order chi connectivity index (χ0) is 7.72. The van der Waals surface area contributed by atoms with Crippen molar-refractivity contribution in [3.63, 3.8) is 0 Å². The highest BCUT2D eigenvalue weighted by Gasteiger charge is 2.06. The molecule has 0 unspecified atom stereocenters. The Kier molecular flexibility index (Phi) is 1.57. The standard InChI is InChI=1S/C7H8FNO/c1-4-3-9-5(2)7(10)6(4)8/h3,10H,1-2H3. The molecule has 0 aliphatic carbocycles. The van der Waals surface area contributed by atoms with Gasteiger partial charge in [0.2, 0.25) is 0 Å². The van der Waals surface area contributed by atoms with Gasteiger partial charge >= 0.3 is 0 Å². The molecule has 0 aliphatic heterocycles. The second-order valence-electron chi connectivity index (χ2n) is 2.19. The Labute approximate surface area is 58.3 Å². The summed E-state index contributed by atoms with van der Waals surface area (Å²) < 4.78 is 12.7. The number of hydrogen-bond acceptors (Lipinski definition) is 2. The molecule has 0 amide bonds. The van der Waals surface area contributed by atoms with Crippen LogP contribution in [0.5, 0.6) is 5.75 Å². The zero-order valence-corrected chi connectivity index (χ0v) is 5.85. The third-order valence-corrected chi connectivity index (χ3v) is 1.35. The van der Waals surface area contributed by atoms with E-state index in [0.29, 0.717) is 11.3 Å². The summed E-state index contributed by atoms with van der Waals surface area (Å²) in [5, 5.41) is 8.95. The van der Waals surface area contributed by atoms with E-state index in [1.165, 1.54) is 6.20 Å². The van der Waals surface area contributed by atoms with Crippen molar-refractivity contribution in [1.29, 1.82) is 0 Å². The van der Waals surface area contributed by atoms with Gasteiger partial charge in [0, 0.05) is 11.8 Å². The van der Waals surface area contributed by atoms with Crippen LogP contribution >= 0.6 is 0 Å². The van der Waals surface area contributed by atoms with E-state index in [1.54, 1.807) is 13.8 Å². The van der Waals surface area contributed by atoms with E-state index in [-0.39, 0.29) is 5.75 Å². The lowest BCUT2D eigenvalue weighted by Crippen LogP contribution is -1.89. The molecule has 1 rings (SSSR count). The predicted molar refractivity (Wildman–Crippen MR) is 35.3 cm³/mol. The van der Waals surface area contributed by atoms with Crippen molar-refractivity contribution >= 4 is 0 Å². The first-order chi connectivity index (χ1) is 4.63. The molecule has 0 atom stereocenters. The van der Waals surface area contributed by atoms with Crippen molar-refractivity contribution in [3.05, 3.63) is 23.3 Å².